The van der Waals surface area contributed by atoms with E-state index in [1.807, 2.05) is 0 Å². The SMILES string of the molecule is CCNc1nc(C(C)C)nc(N(C)CCCOC)c1C. The average Bonchev–Trinajstić information content (AvgIpc) is 2.41. The van der Waals surface area contributed by atoms with Crippen LogP contribution >= 0.6 is 0 Å². The van der Waals surface area contributed by atoms with Crippen molar-refractivity contribution in [2.45, 2.75) is 40.0 Å². The minimum atomic E-state index is 0.319. The molecule has 5 nitrogen and oxygen atoms in total. The zero-order valence-electron chi connectivity index (χ0n) is 13.7. The molecule has 0 aliphatic heterocycles. The number of nitrogens with zero attached hydrogens (tertiary/aromatic N) is 3. The molecular weight excluding hydrogens is 252 g/mol. The van der Waals surface area contributed by atoms with E-state index in [4.69, 9.17) is 9.72 Å². The smallest absolute Gasteiger partial charge is 0.137 e. The standard InChI is InChI=1S/C15H28N4O/c1-7-16-14-12(4)15(18-13(17-14)11(2)3)19(5)9-8-10-20-6/h11H,7-10H2,1-6H3,(H,16,17,18). The normalized spacial score (nSPS) is 10.9. The van der Waals surface area contributed by atoms with Crippen LogP contribution < -0.4 is 10.2 Å². The van der Waals surface area contributed by atoms with Crippen molar-refractivity contribution < 1.29 is 4.74 Å². The molecule has 0 aliphatic rings. The van der Waals surface area contributed by atoms with Crippen LogP contribution in [0.25, 0.3) is 0 Å². The van der Waals surface area contributed by atoms with Gasteiger partial charge in [-0.15, -0.1) is 0 Å². The highest BCUT2D eigenvalue weighted by atomic mass is 16.5. The molecule has 0 unspecified atom stereocenters. The fourth-order valence-corrected chi connectivity index (χ4v) is 2.04. The monoisotopic (exact) mass is 280 g/mol. The lowest BCUT2D eigenvalue weighted by molar-refractivity contribution is 0.196. The second kappa shape index (κ2) is 8.04. The van der Waals surface area contributed by atoms with Gasteiger partial charge in [0.15, 0.2) is 0 Å². The Balaban J connectivity index is 3.02. The van der Waals surface area contributed by atoms with Crippen molar-refractivity contribution in [1.82, 2.24) is 9.97 Å². The summed E-state index contributed by atoms with van der Waals surface area (Å²) in [5.41, 5.74) is 1.11. The van der Waals surface area contributed by atoms with E-state index in [1.165, 1.54) is 0 Å². The van der Waals surface area contributed by atoms with Gasteiger partial charge in [-0.2, -0.15) is 0 Å². The van der Waals surface area contributed by atoms with E-state index in [9.17, 15) is 0 Å². The summed E-state index contributed by atoms with van der Waals surface area (Å²) in [5, 5.41) is 3.33. The number of hydrogen-bond acceptors (Lipinski definition) is 5. The zero-order valence-corrected chi connectivity index (χ0v) is 13.7. The predicted molar refractivity (Wildman–Crippen MR) is 84.8 cm³/mol. The van der Waals surface area contributed by atoms with Gasteiger partial charge in [-0.1, -0.05) is 13.8 Å². The molecule has 20 heavy (non-hydrogen) atoms. The molecule has 0 fully saturated rings. The number of rotatable bonds is 8. The number of anilines is 2. The first-order valence-corrected chi connectivity index (χ1v) is 7.33. The van der Waals surface area contributed by atoms with E-state index < -0.39 is 0 Å². The zero-order chi connectivity index (χ0) is 15.1. The Morgan fingerprint density at radius 3 is 2.55 bits per heavy atom. The van der Waals surface area contributed by atoms with Crippen molar-refractivity contribution >= 4 is 11.6 Å². The lowest BCUT2D eigenvalue weighted by Crippen LogP contribution is -2.23. The summed E-state index contributed by atoms with van der Waals surface area (Å²) in [6.45, 7) is 11.0. The van der Waals surface area contributed by atoms with E-state index in [0.717, 1.165) is 49.1 Å². The topological polar surface area (TPSA) is 50.3 Å². The van der Waals surface area contributed by atoms with Crippen LogP contribution in [0.1, 0.15) is 44.5 Å². The van der Waals surface area contributed by atoms with Gasteiger partial charge in [-0.25, -0.2) is 9.97 Å². The fraction of sp³-hybridized carbons (Fsp3) is 0.733. The molecule has 0 bridgehead atoms. The molecule has 0 saturated heterocycles. The third kappa shape index (κ3) is 4.34. The summed E-state index contributed by atoms with van der Waals surface area (Å²) >= 11 is 0. The van der Waals surface area contributed by atoms with Gasteiger partial charge in [0.2, 0.25) is 0 Å². The van der Waals surface area contributed by atoms with E-state index in [0.29, 0.717) is 5.92 Å². The van der Waals surface area contributed by atoms with Crippen LogP contribution in [0.3, 0.4) is 0 Å². The van der Waals surface area contributed by atoms with E-state index in [1.54, 1.807) is 7.11 Å². The van der Waals surface area contributed by atoms with Gasteiger partial charge in [-0.05, 0) is 20.3 Å². The van der Waals surface area contributed by atoms with Gasteiger partial charge in [0, 0.05) is 45.3 Å². The molecule has 1 aromatic rings. The minimum Gasteiger partial charge on any atom is -0.385 e. The molecule has 0 aromatic carbocycles. The van der Waals surface area contributed by atoms with E-state index in [2.05, 4.69) is 49.9 Å². The Kier molecular flexibility index (Phi) is 6.71. The van der Waals surface area contributed by atoms with Crippen molar-refractivity contribution in [1.29, 1.82) is 0 Å². The molecule has 1 heterocycles. The van der Waals surface area contributed by atoms with Gasteiger partial charge < -0.3 is 15.0 Å². The Morgan fingerprint density at radius 2 is 2.00 bits per heavy atom. The molecule has 5 heteroatoms. The van der Waals surface area contributed by atoms with Crippen molar-refractivity contribution in [2.75, 3.05) is 44.1 Å². The van der Waals surface area contributed by atoms with Crippen LogP contribution in [-0.2, 0) is 4.74 Å². The van der Waals surface area contributed by atoms with Gasteiger partial charge in [-0.3, -0.25) is 0 Å². The summed E-state index contributed by atoms with van der Waals surface area (Å²) < 4.78 is 5.11. The first kappa shape index (κ1) is 16.7. The summed E-state index contributed by atoms with van der Waals surface area (Å²) in [7, 11) is 3.81. The average molecular weight is 280 g/mol. The van der Waals surface area contributed by atoms with E-state index in [-0.39, 0.29) is 0 Å². The highest BCUT2D eigenvalue weighted by molar-refractivity contribution is 5.58. The quantitative estimate of drug-likeness (QED) is 0.742. The molecule has 1 rings (SSSR count). The largest absolute Gasteiger partial charge is 0.385 e. The highest BCUT2D eigenvalue weighted by Gasteiger charge is 2.15. The molecule has 114 valence electrons. The lowest BCUT2D eigenvalue weighted by Gasteiger charge is -2.23. The second-order valence-electron chi connectivity index (χ2n) is 5.33. The Bertz CT molecular complexity index is 421. The number of aromatic nitrogens is 2. The lowest BCUT2D eigenvalue weighted by atomic mass is 10.2. The molecule has 0 spiro atoms. The van der Waals surface area contributed by atoms with Gasteiger partial charge in [0.05, 0.1) is 0 Å². The number of ether oxygens (including phenoxy) is 1. The van der Waals surface area contributed by atoms with Gasteiger partial charge >= 0.3 is 0 Å². The van der Waals surface area contributed by atoms with Crippen molar-refractivity contribution in [3.8, 4) is 0 Å². The maximum Gasteiger partial charge on any atom is 0.137 e. The van der Waals surface area contributed by atoms with Crippen molar-refractivity contribution in [3.05, 3.63) is 11.4 Å². The molecule has 1 aromatic heterocycles. The van der Waals surface area contributed by atoms with E-state index >= 15 is 0 Å². The third-order valence-corrected chi connectivity index (χ3v) is 3.20. The second-order valence-corrected chi connectivity index (χ2v) is 5.33. The van der Waals surface area contributed by atoms with Crippen LogP contribution in [-0.4, -0.2) is 43.8 Å². The van der Waals surface area contributed by atoms with Crippen LogP contribution in [0.5, 0.6) is 0 Å². The molecule has 0 aliphatic carbocycles. The number of hydrogen-bond donors (Lipinski definition) is 1. The molecule has 0 amide bonds. The highest BCUT2D eigenvalue weighted by Crippen LogP contribution is 2.25. The van der Waals surface area contributed by atoms with Crippen LogP contribution in [0.4, 0.5) is 11.6 Å². The van der Waals surface area contributed by atoms with Gasteiger partial charge in [0.25, 0.3) is 0 Å². The summed E-state index contributed by atoms with van der Waals surface area (Å²) in [6.07, 6.45) is 0.990. The Labute approximate surface area is 122 Å². The van der Waals surface area contributed by atoms with Crippen molar-refractivity contribution in [3.63, 3.8) is 0 Å². The molecule has 0 atom stereocenters. The summed E-state index contributed by atoms with van der Waals surface area (Å²) in [5.74, 6) is 3.16. The fourth-order valence-electron chi connectivity index (χ4n) is 2.04. The van der Waals surface area contributed by atoms with Crippen LogP contribution in [0, 0.1) is 6.92 Å². The number of methoxy groups -OCH3 is 1. The summed E-state index contributed by atoms with van der Waals surface area (Å²) in [4.78, 5) is 11.5. The minimum absolute atomic E-state index is 0.319. The maximum atomic E-state index is 5.11. The number of nitrogens with one attached hydrogen (secondary N) is 1. The molecule has 0 radical (unpaired) electrons. The van der Waals surface area contributed by atoms with Gasteiger partial charge in [0.1, 0.15) is 17.5 Å². The molecular formula is C15H28N4O. The summed E-state index contributed by atoms with van der Waals surface area (Å²) in [6, 6.07) is 0. The third-order valence-electron chi connectivity index (χ3n) is 3.20. The van der Waals surface area contributed by atoms with Crippen LogP contribution in [0.15, 0.2) is 0 Å². The maximum absolute atomic E-state index is 5.11. The van der Waals surface area contributed by atoms with Crippen molar-refractivity contribution in [2.24, 2.45) is 0 Å². The Hall–Kier alpha value is -1.36. The molecule has 1 N–H and O–H groups in total. The Morgan fingerprint density at radius 1 is 1.30 bits per heavy atom. The first-order chi connectivity index (χ1) is 9.51. The predicted octanol–water partition coefficient (Wildman–Crippen LogP) is 2.81. The van der Waals surface area contributed by atoms with Crippen LogP contribution in [0.2, 0.25) is 0 Å². The molecule has 0 saturated carbocycles. The first-order valence-electron chi connectivity index (χ1n) is 7.33.